The van der Waals surface area contributed by atoms with Crippen molar-refractivity contribution in [3.05, 3.63) is 62.2 Å². The van der Waals surface area contributed by atoms with Crippen LogP contribution in [0.15, 0.2) is 30.3 Å². The third-order valence-corrected chi connectivity index (χ3v) is 3.49. The van der Waals surface area contributed by atoms with Crippen molar-refractivity contribution in [2.75, 3.05) is 0 Å². The van der Waals surface area contributed by atoms with Crippen molar-refractivity contribution in [3.8, 4) is 11.5 Å². The van der Waals surface area contributed by atoms with Crippen molar-refractivity contribution in [3.63, 3.8) is 0 Å². The average molecular weight is 376 g/mol. The monoisotopic (exact) mass is 375 g/mol. The molecule has 1 N–H and O–H groups in total. The first-order valence-electron chi connectivity index (χ1n) is 6.57. The first-order valence-corrected chi connectivity index (χ1v) is 6.95. The van der Waals surface area contributed by atoms with Crippen molar-refractivity contribution in [1.82, 2.24) is 0 Å². The van der Waals surface area contributed by atoms with Crippen LogP contribution in [0.3, 0.4) is 0 Å². The van der Waals surface area contributed by atoms with Crippen molar-refractivity contribution in [2.45, 2.75) is 13.1 Å². The molecule has 0 fully saturated rings. The van der Waals surface area contributed by atoms with E-state index in [9.17, 15) is 28.1 Å². The molecule has 0 heterocycles. The van der Waals surface area contributed by atoms with E-state index in [-0.39, 0.29) is 22.1 Å². The molecule has 0 aliphatic rings. The Labute approximate surface area is 143 Å². The van der Waals surface area contributed by atoms with Crippen LogP contribution >= 0.6 is 11.6 Å². The van der Waals surface area contributed by atoms with Crippen molar-refractivity contribution < 1.29 is 32.7 Å². The van der Waals surface area contributed by atoms with Gasteiger partial charge in [-0.15, -0.1) is 0 Å². The van der Waals surface area contributed by atoms with E-state index in [1.807, 2.05) is 0 Å². The van der Waals surface area contributed by atoms with Crippen LogP contribution < -0.4 is 4.74 Å². The van der Waals surface area contributed by atoms with Gasteiger partial charge in [0.15, 0.2) is 0 Å². The average Bonchev–Trinajstić information content (AvgIpc) is 2.47. The number of halogens is 4. The van der Waals surface area contributed by atoms with Gasteiger partial charge < -0.3 is 9.84 Å². The molecule has 132 valence electrons. The number of hydrogen-bond acceptors (Lipinski definition) is 4. The van der Waals surface area contributed by atoms with Crippen LogP contribution in [-0.2, 0) is 6.18 Å². The Kier molecular flexibility index (Phi) is 4.89. The molecule has 0 bridgehead atoms. The topological polar surface area (TPSA) is 89.7 Å². The number of benzene rings is 2. The van der Waals surface area contributed by atoms with Gasteiger partial charge in [-0.1, -0.05) is 11.6 Å². The van der Waals surface area contributed by atoms with Gasteiger partial charge in [0.25, 0.3) is 5.69 Å². The van der Waals surface area contributed by atoms with E-state index < -0.39 is 33.9 Å². The van der Waals surface area contributed by atoms with E-state index in [1.54, 1.807) is 0 Å². The molecule has 0 radical (unpaired) electrons. The molecule has 0 amide bonds. The van der Waals surface area contributed by atoms with E-state index in [4.69, 9.17) is 21.4 Å². The lowest BCUT2D eigenvalue weighted by molar-refractivity contribution is -0.385. The number of carbonyl (C=O) groups is 1. The Hall–Kier alpha value is -2.81. The van der Waals surface area contributed by atoms with Gasteiger partial charge in [-0.2, -0.15) is 13.2 Å². The molecule has 2 rings (SSSR count). The lowest BCUT2D eigenvalue weighted by Crippen LogP contribution is -2.06. The third-order valence-electron chi connectivity index (χ3n) is 3.17. The minimum absolute atomic E-state index is 0.0250. The zero-order valence-corrected chi connectivity index (χ0v) is 13.2. The maximum atomic E-state index is 12.8. The van der Waals surface area contributed by atoms with Gasteiger partial charge in [-0.25, -0.2) is 4.79 Å². The van der Waals surface area contributed by atoms with Gasteiger partial charge in [-0.05, 0) is 31.2 Å². The van der Waals surface area contributed by atoms with E-state index in [0.717, 1.165) is 24.3 Å². The smallest absolute Gasteiger partial charge is 0.416 e. The predicted octanol–water partition coefficient (Wildman–Crippen LogP) is 5.07. The van der Waals surface area contributed by atoms with Crippen LogP contribution in [0.1, 0.15) is 21.5 Å². The largest absolute Gasteiger partial charge is 0.477 e. The van der Waals surface area contributed by atoms with Crippen molar-refractivity contribution in [1.29, 1.82) is 0 Å². The second-order valence-electron chi connectivity index (χ2n) is 4.94. The second kappa shape index (κ2) is 6.60. The zero-order chi connectivity index (χ0) is 18.9. The van der Waals surface area contributed by atoms with Gasteiger partial charge in [0.05, 0.1) is 15.5 Å². The highest BCUT2D eigenvalue weighted by molar-refractivity contribution is 6.32. The number of alkyl halides is 3. The van der Waals surface area contributed by atoms with Crippen LogP contribution in [0.5, 0.6) is 11.5 Å². The summed E-state index contributed by atoms with van der Waals surface area (Å²) in [5.74, 6) is -2.13. The van der Waals surface area contributed by atoms with Gasteiger partial charge in [0.2, 0.25) is 0 Å². The zero-order valence-electron chi connectivity index (χ0n) is 12.4. The first-order chi connectivity index (χ1) is 11.5. The number of rotatable bonds is 4. The maximum absolute atomic E-state index is 12.8. The minimum atomic E-state index is -4.62. The molecular formula is C15H9ClF3NO5. The van der Waals surface area contributed by atoms with Crippen LogP contribution in [0, 0.1) is 17.0 Å². The van der Waals surface area contributed by atoms with E-state index in [1.165, 1.54) is 6.92 Å². The fourth-order valence-corrected chi connectivity index (χ4v) is 2.25. The number of nitrogens with zero attached hydrogens (tertiary/aromatic N) is 1. The van der Waals surface area contributed by atoms with Gasteiger partial charge in [0, 0.05) is 11.6 Å². The number of aromatic carboxylic acids is 1. The molecule has 0 saturated heterocycles. The van der Waals surface area contributed by atoms with Crippen LogP contribution in [0.25, 0.3) is 0 Å². The normalized spacial score (nSPS) is 11.2. The van der Waals surface area contributed by atoms with E-state index in [0.29, 0.717) is 6.07 Å². The second-order valence-corrected chi connectivity index (χ2v) is 5.35. The Balaban J connectivity index is 2.51. The van der Waals surface area contributed by atoms with Crippen molar-refractivity contribution in [2.24, 2.45) is 0 Å². The van der Waals surface area contributed by atoms with Gasteiger partial charge in [-0.3, -0.25) is 10.1 Å². The number of aryl methyl sites for hydroxylation is 1. The molecule has 6 nitrogen and oxygen atoms in total. The van der Waals surface area contributed by atoms with Crippen LogP contribution in [0.2, 0.25) is 5.02 Å². The molecule has 0 unspecified atom stereocenters. The number of nitro groups is 1. The van der Waals surface area contributed by atoms with Gasteiger partial charge in [0.1, 0.15) is 17.1 Å². The molecule has 2 aromatic carbocycles. The molecule has 0 aliphatic carbocycles. The summed E-state index contributed by atoms with van der Waals surface area (Å²) in [6.45, 7) is 1.28. The Morgan fingerprint density at radius 3 is 2.44 bits per heavy atom. The summed E-state index contributed by atoms with van der Waals surface area (Å²) in [6.07, 6.45) is -4.62. The highest BCUT2D eigenvalue weighted by atomic mass is 35.5. The Morgan fingerprint density at radius 1 is 1.28 bits per heavy atom. The highest BCUT2D eigenvalue weighted by Crippen LogP contribution is 2.38. The summed E-state index contributed by atoms with van der Waals surface area (Å²) >= 11 is 5.80. The van der Waals surface area contributed by atoms with Crippen molar-refractivity contribution >= 4 is 23.3 Å². The molecule has 0 spiro atoms. The molecule has 2 aromatic rings. The fourth-order valence-electron chi connectivity index (χ4n) is 2.10. The highest BCUT2D eigenvalue weighted by Gasteiger charge is 2.31. The molecule has 0 aliphatic heterocycles. The lowest BCUT2D eigenvalue weighted by atomic mass is 10.1. The number of ether oxygens (including phenoxy) is 1. The Bertz CT molecular complexity index is 867. The summed E-state index contributed by atoms with van der Waals surface area (Å²) in [5, 5.41) is 19.9. The van der Waals surface area contributed by atoms with Crippen LogP contribution in [-0.4, -0.2) is 16.0 Å². The fraction of sp³-hybridized carbons (Fsp3) is 0.133. The van der Waals surface area contributed by atoms with Gasteiger partial charge >= 0.3 is 12.1 Å². The molecule has 10 heteroatoms. The maximum Gasteiger partial charge on any atom is 0.416 e. The minimum Gasteiger partial charge on any atom is -0.477 e. The number of nitro benzene ring substituents is 1. The summed E-state index contributed by atoms with van der Waals surface area (Å²) in [7, 11) is 0. The van der Waals surface area contributed by atoms with E-state index >= 15 is 0 Å². The summed E-state index contributed by atoms with van der Waals surface area (Å²) in [5.41, 5.74) is -2.31. The van der Waals surface area contributed by atoms with Crippen LogP contribution in [0.4, 0.5) is 18.9 Å². The number of carboxylic acids is 1. The standard InChI is InChI=1S/C15H9ClF3NO5/c1-7-4-9(6-10(14(21)22)13(7)20(23)24)25-12-5-8(15(17,18)19)2-3-11(12)16/h2-6H,1H3,(H,21,22). The predicted molar refractivity (Wildman–Crippen MR) is 81.3 cm³/mol. The third kappa shape index (κ3) is 4.00. The first kappa shape index (κ1) is 18.5. The lowest BCUT2D eigenvalue weighted by Gasteiger charge is -2.13. The molecule has 25 heavy (non-hydrogen) atoms. The number of hydrogen-bond donors (Lipinski definition) is 1. The molecular weight excluding hydrogens is 367 g/mol. The summed E-state index contributed by atoms with van der Waals surface area (Å²) in [6, 6.07) is 4.39. The number of carboxylic acid groups (broad SMARTS) is 1. The van der Waals surface area contributed by atoms with E-state index in [2.05, 4.69) is 0 Å². The molecule has 0 saturated carbocycles. The quantitative estimate of drug-likeness (QED) is 0.595. The summed E-state index contributed by atoms with van der Waals surface area (Å²) < 4.78 is 43.5. The Morgan fingerprint density at radius 2 is 1.92 bits per heavy atom. The summed E-state index contributed by atoms with van der Waals surface area (Å²) in [4.78, 5) is 21.3. The molecule has 0 atom stereocenters. The molecule has 0 aromatic heterocycles. The SMILES string of the molecule is Cc1cc(Oc2cc(C(F)(F)F)ccc2Cl)cc(C(=O)O)c1[N+](=O)[O-].